The first kappa shape index (κ1) is 11.5. The van der Waals surface area contributed by atoms with Crippen LogP contribution in [0, 0.1) is 11.6 Å². The molecule has 0 amide bonds. The van der Waals surface area contributed by atoms with Gasteiger partial charge >= 0.3 is 0 Å². The standard InChI is InChI=1S/C12H15F2NO/c13-9-3-4-10(11(14)7-9)12(8-16)15-5-1-2-6-15/h3-4,7,12,16H,1-2,5-6,8H2/t12-/m1/s1. The number of halogens is 2. The Morgan fingerprint density at radius 1 is 1.25 bits per heavy atom. The first-order chi connectivity index (χ1) is 7.72. The second-order valence-electron chi connectivity index (χ2n) is 4.11. The van der Waals surface area contributed by atoms with Gasteiger partial charge in [0, 0.05) is 11.6 Å². The van der Waals surface area contributed by atoms with Crippen LogP contribution in [0.15, 0.2) is 18.2 Å². The maximum Gasteiger partial charge on any atom is 0.130 e. The van der Waals surface area contributed by atoms with Crippen molar-refractivity contribution in [3.05, 3.63) is 35.4 Å². The van der Waals surface area contributed by atoms with Crippen LogP contribution in [0.2, 0.25) is 0 Å². The highest BCUT2D eigenvalue weighted by atomic mass is 19.1. The number of aliphatic hydroxyl groups is 1. The predicted octanol–water partition coefficient (Wildman–Crippen LogP) is 2.09. The second-order valence-corrected chi connectivity index (χ2v) is 4.11. The Labute approximate surface area is 93.5 Å². The normalized spacial score (nSPS) is 18.9. The van der Waals surface area contributed by atoms with Gasteiger partial charge in [-0.1, -0.05) is 6.07 Å². The van der Waals surface area contributed by atoms with Crippen molar-refractivity contribution in [2.24, 2.45) is 0 Å². The molecule has 1 aliphatic heterocycles. The lowest BCUT2D eigenvalue weighted by Gasteiger charge is -2.26. The van der Waals surface area contributed by atoms with Gasteiger partial charge in [-0.15, -0.1) is 0 Å². The molecule has 16 heavy (non-hydrogen) atoms. The molecule has 0 unspecified atom stereocenters. The van der Waals surface area contributed by atoms with E-state index in [0.717, 1.165) is 32.0 Å². The zero-order valence-electron chi connectivity index (χ0n) is 9.00. The van der Waals surface area contributed by atoms with Gasteiger partial charge in [0.1, 0.15) is 11.6 Å². The predicted molar refractivity (Wildman–Crippen MR) is 57.0 cm³/mol. The minimum Gasteiger partial charge on any atom is -0.394 e. The molecule has 1 aliphatic rings. The summed E-state index contributed by atoms with van der Waals surface area (Å²) in [6, 6.07) is 3.18. The fourth-order valence-corrected chi connectivity index (χ4v) is 2.24. The summed E-state index contributed by atoms with van der Waals surface area (Å²) in [5, 5.41) is 9.33. The number of nitrogens with zero attached hydrogens (tertiary/aromatic N) is 1. The average molecular weight is 227 g/mol. The summed E-state index contributed by atoms with van der Waals surface area (Å²) < 4.78 is 26.3. The van der Waals surface area contributed by atoms with Crippen molar-refractivity contribution >= 4 is 0 Å². The average Bonchev–Trinajstić information content (AvgIpc) is 2.75. The summed E-state index contributed by atoms with van der Waals surface area (Å²) >= 11 is 0. The molecule has 1 heterocycles. The first-order valence-electron chi connectivity index (χ1n) is 5.52. The van der Waals surface area contributed by atoms with Crippen LogP contribution in [0.25, 0.3) is 0 Å². The van der Waals surface area contributed by atoms with Crippen molar-refractivity contribution in [1.29, 1.82) is 0 Å². The van der Waals surface area contributed by atoms with E-state index in [1.165, 1.54) is 12.1 Å². The SMILES string of the molecule is OC[C@H](c1ccc(F)cc1F)N1CCCC1. The van der Waals surface area contributed by atoms with Gasteiger partial charge in [-0.2, -0.15) is 0 Å². The molecule has 1 atom stereocenters. The molecule has 88 valence electrons. The maximum absolute atomic E-state index is 13.6. The van der Waals surface area contributed by atoms with Crippen molar-refractivity contribution in [3.63, 3.8) is 0 Å². The molecule has 0 aliphatic carbocycles. The highest BCUT2D eigenvalue weighted by molar-refractivity contribution is 5.22. The third kappa shape index (κ3) is 2.23. The van der Waals surface area contributed by atoms with Gasteiger partial charge in [0.05, 0.1) is 12.6 Å². The van der Waals surface area contributed by atoms with E-state index in [0.29, 0.717) is 5.56 Å². The summed E-state index contributed by atoms with van der Waals surface area (Å²) in [5.74, 6) is -1.16. The largest absolute Gasteiger partial charge is 0.394 e. The van der Waals surface area contributed by atoms with E-state index in [9.17, 15) is 13.9 Å². The summed E-state index contributed by atoms with van der Waals surface area (Å²) in [5.41, 5.74) is 0.380. The Kier molecular flexibility index (Phi) is 3.51. The lowest BCUT2D eigenvalue weighted by atomic mass is 10.1. The lowest BCUT2D eigenvalue weighted by molar-refractivity contribution is 0.144. The molecule has 4 heteroatoms. The van der Waals surface area contributed by atoms with Crippen molar-refractivity contribution in [2.45, 2.75) is 18.9 Å². The number of aliphatic hydroxyl groups excluding tert-OH is 1. The van der Waals surface area contributed by atoms with Gasteiger partial charge < -0.3 is 5.11 Å². The van der Waals surface area contributed by atoms with E-state index in [-0.39, 0.29) is 12.6 Å². The molecular weight excluding hydrogens is 212 g/mol. The third-order valence-corrected chi connectivity index (χ3v) is 3.08. The van der Waals surface area contributed by atoms with Crippen LogP contribution in [-0.4, -0.2) is 29.7 Å². The van der Waals surface area contributed by atoms with E-state index in [1.54, 1.807) is 0 Å². The molecule has 0 aromatic heterocycles. The van der Waals surface area contributed by atoms with Gasteiger partial charge in [0.15, 0.2) is 0 Å². The lowest BCUT2D eigenvalue weighted by Crippen LogP contribution is -2.29. The van der Waals surface area contributed by atoms with E-state index >= 15 is 0 Å². The van der Waals surface area contributed by atoms with Crippen molar-refractivity contribution in [3.8, 4) is 0 Å². The Bertz CT molecular complexity index is 364. The monoisotopic (exact) mass is 227 g/mol. The summed E-state index contributed by atoms with van der Waals surface area (Å²) in [7, 11) is 0. The Hall–Kier alpha value is -1.00. The van der Waals surface area contributed by atoms with Gasteiger partial charge in [-0.25, -0.2) is 8.78 Å². The fraction of sp³-hybridized carbons (Fsp3) is 0.500. The van der Waals surface area contributed by atoms with E-state index in [2.05, 4.69) is 0 Å². The smallest absolute Gasteiger partial charge is 0.130 e. The molecular formula is C12H15F2NO. The van der Waals surface area contributed by atoms with Crippen molar-refractivity contribution < 1.29 is 13.9 Å². The number of hydrogen-bond donors (Lipinski definition) is 1. The number of hydrogen-bond acceptors (Lipinski definition) is 2. The molecule has 1 aromatic carbocycles. The first-order valence-corrected chi connectivity index (χ1v) is 5.52. The van der Waals surface area contributed by atoms with Crippen LogP contribution >= 0.6 is 0 Å². The van der Waals surface area contributed by atoms with Crippen molar-refractivity contribution in [2.75, 3.05) is 19.7 Å². The molecule has 1 fully saturated rings. The Morgan fingerprint density at radius 2 is 1.94 bits per heavy atom. The van der Waals surface area contributed by atoms with E-state index < -0.39 is 11.6 Å². The fourth-order valence-electron chi connectivity index (χ4n) is 2.24. The Balaban J connectivity index is 2.25. The second kappa shape index (κ2) is 4.89. The Morgan fingerprint density at radius 3 is 2.50 bits per heavy atom. The number of likely N-dealkylation sites (tertiary alicyclic amines) is 1. The molecule has 1 N–H and O–H groups in total. The zero-order chi connectivity index (χ0) is 11.5. The molecule has 2 nitrogen and oxygen atoms in total. The molecule has 0 spiro atoms. The molecule has 2 rings (SSSR count). The van der Waals surface area contributed by atoms with E-state index in [1.807, 2.05) is 4.90 Å². The van der Waals surface area contributed by atoms with Gasteiger partial charge in [-0.05, 0) is 32.0 Å². The van der Waals surface area contributed by atoms with Crippen LogP contribution in [0.1, 0.15) is 24.4 Å². The summed E-state index contributed by atoms with van der Waals surface area (Å²) in [4.78, 5) is 2.04. The summed E-state index contributed by atoms with van der Waals surface area (Å²) in [6.07, 6.45) is 2.14. The van der Waals surface area contributed by atoms with Gasteiger partial charge in [0.2, 0.25) is 0 Å². The van der Waals surface area contributed by atoms with Crippen LogP contribution in [0.4, 0.5) is 8.78 Å². The van der Waals surface area contributed by atoms with Gasteiger partial charge in [-0.3, -0.25) is 4.90 Å². The highest BCUT2D eigenvalue weighted by Gasteiger charge is 2.25. The maximum atomic E-state index is 13.6. The zero-order valence-corrected chi connectivity index (χ0v) is 9.00. The number of rotatable bonds is 3. The molecule has 0 radical (unpaired) electrons. The molecule has 1 aromatic rings. The minimum absolute atomic E-state index is 0.136. The van der Waals surface area contributed by atoms with Crippen LogP contribution in [0.3, 0.4) is 0 Å². The van der Waals surface area contributed by atoms with Crippen LogP contribution < -0.4 is 0 Å². The number of benzene rings is 1. The van der Waals surface area contributed by atoms with E-state index in [4.69, 9.17) is 0 Å². The highest BCUT2D eigenvalue weighted by Crippen LogP contribution is 2.26. The van der Waals surface area contributed by atoms with Crippen LogP contribution in [-0.2, 0) is 0 Å². The molecule has 0 bridgehead atoms. The minimum atomic E-state index is -0.584. The topological polar surface area (TPSA) is 23.5 Å². The molecule has 0 saturated carbocycles. The third-order valence-electron chi connectivity index (χ3n) is 3.08. The van der Waals surface area contributed by atoms with Crippen molar-refractivity contribution in [1.82, 2.24) is 4.90 Å². The quantitative estimate of drug-likeness (QED) is 0.854. The molecule has 1 saturated heterocycles. The van der Waals surface area contributed by atoms with Gasteiger partial charge in [0.25, 0.3) is 0 Å². The summed E-state index contributed by atoms with van der Waals surface area (Å²) in [6.45, 7) is 1.59. The van der Waals surface area contributed by atoms with Crippen LogP contribution in [0.5, 0.6) is 0 Å².